The van der Waals surface area contributed by atoms with Crippen molar-refractivity contribution in [3.05, 3.63) is 48.0 Å². The number of phenols is 2. The topological polar surface area (TPSA) is 108 Å². The van der Waals surface area contributed by atoms with Crippen LogP contribution in [0.15, 0.2) is 52.5 Å². The van der Waals surface area contributed by atoms with Gasteiger partial charge in [0.2, 0.25) is 0 Å². The van der Waals surface area contributed by atoms with Crippen LogP contribution in [-0.4, -0.2) is 30.9 Å². The highest BCUT2D eigenvalue weighted by molar-refractivity contribution is 7.89. The second-order valence-electron chi connectivity index (χ2n) is 5.24. The number of rotatable bonds is 6. The zero-order valence-electron chi connectivity index (χ0n) is 13.2. The number of hydrogen-bond donors (Lipinski definition) is 3. The van der Waals surface area contributed by atoms with Crippen LogP contribution in [0.4, 0.5) is 0 Å². The van der Waals surface area contributed by atoms with Gasteiger partial charge >= 0.3 is 0 Å². The van der Waals surface area contributed by atoms with Crippen LogP contribution in [0.1, 0.15) is 19.4 Å². The number of hydrazone groups is 1. The van der Waals surface area contributed by atoms with E-state index < -0.39 is 10.0 Å². The minimum Gasteiger partial charge on any atom is -0.504 e. The summed E-state index contributed by atoms with van der Waals surface area (Å²) in [6, 6.07) is 9.98. The Balaban J connectivity index is 2.07. The number of hydrogen-bond acceptors (Lipinski definition) is 6. The molecule has 2 rings (SSSR count). The highest BCUT2D eigenvalue weighted by atomic mass is 32.2. The largest absolute Gasteiger partial charge is 0.504 e. The zero-order valence-corrected chi connectivity index (χ0v) is 14.0. The molecule has 2 aromatic carbocycles. The van der Waals surface area contributed by atoms with Crippen LogP contribution in [0.5, 0.6) is 17.2 Å². The Morgan fingerprint density at radius 3 is 2.33 bits per heavy atom. The molecule has 0 spiro atoms. The predicted octanol–water partition coefficient (Wildman–Crippen LogP) is 2.20. The first-order valence-electron chi connectivity index (χ1n) is 7.11. The van der Waals surface area contributed by atoms with Crippen LogP contribution in [0.3, 0.4) is 0 Å². The molecular weight excluding hydrogens is 332 g/mol. The Morgan fingerprint density at radius 1 is 1.08 bits per heavy atom. The SMILES string of the molecule is CC(C)Oc1ccc(S(=O)(=O)N/N=C/c2ccc(O)c(O)c2)cc1. The van der Waals surface area contributed by atoms with Crippen molar-refractivity contribution in [3.63, 3.8) is 0 Å². The maximum Gasteiger partial charge on any atom is 0.276 e. The highest BCUT2D eigenvalue weighted by Gasteiger charge is 2.12. The Kier molecular flexibility index (Phi) is 5.30. The number of sulfonamides is 1. The molecule has 0 aromatic heterocycles. The molecule has 0 saturated heterocycles. The van der Waals surface area contributed by atoms with Crippen LogP contribution in [0, 0.1) is 0 Å². The van der Waals surface area contributed by atoms with Crippen LogP contribution in [-0.2, 0) is 10.0 Å². The van der Waals surface area contributed by atoms with Gasteiger partial charge in [0.25, 0.3) is 10.0 Å². The molecule has 0 fully saturated rings. The summed E-state index contributed by atoms with van der Waals surface area (Å²) in [5, 5.41) is 22.2. The van der Waals surface area contributed by atoms with Gasteiger partial charge in [-0.3, -0.25) is 0 Å². The van der Waals surface area contributed by atoms with Crippen LogP contribution in [0.25, 0.3) is 0 Å². The quantitative estimate of drug-likeness (QED) is 0.420. The van der Waals surface area contributed by atoms with Crippen molar-refractivity contribution in [3.8, 4) is 17.2 Å². The summed E-state index contributed by atoms with van der Waals surface area (Å²) >= 11 is 0. The number of nitrogens with one attached hydrogen (secondary N) is 1. The lowest BCUT2D eigenvalue weighted by atomic mass is 10.2. The van der Waals surface area contributed by atoms with Crippen molar-refractivity contribution in [2.45, 2.75) is 24.8 Å². The summed E-state index contributed by atoms with van der Waals surface area (Å²) in [5.74, 6) is -0.00833. The fourth-order valence-electron chi connectivity index (χ4n) is 1.81. The number of aromatic hydroxyl groups is 2. The second-order valence-corrected chi connectivity index (χ2v) is 6.90. The predicted molar refractivity (Wildman–Crippen MR) is 89.9 cm³/mol. The first-order valence-corrected chi connectivity index (χ1v) is 8.60. The van der Waals surface area contributed by atoms with Crippen molar-refractivity contribution in [1.29, 1.82) is 0 Å². The molecular formula is C16H18N2O5S. The lowest BCUT2D eigenvalue weighted by Gasteiger charge is -2.10. The fraction of sp³-hybridized carbons (Fsp3) is 0.188. The third-order valence-corrected chi connectivity index (χ3v) is 4.13. The zero-order chi connectivity index (χ0) is 17.7. The van der Waals surface area contributed by atoms with E-state index in [1.807, 2.05) is 13.8 Å². The van der Waals surface area contributed by atoms with Crippen LogP contribution < -0.4 is 9.57 Å². The van der Waals surface area contributed by atoms with Crippen LogP contribution in [0.2, 0.25) is 0 Å². The summed E-state index contributed by atoms with van der Waals surface area (Å²) in [4.78, 5) is 2.12. The molecule has 7 nitrogen and oxygen atoms in total. The van der Waals surface area contributed by atoms with E-state index in [2.05, 4.69) is 9.93 Å². The molecule has 3 N–H and O–H groups in total. The fourth-order valence-corrected chi connectivity index (χ4v) is 2.60. The minimum atomic E-state index is -3.81. The molecule has 0 heterocycles. The minimum absolute atomic E-state index is 0.00286. The summed E-state index contributed by atoms with van der Waals surface area (Å²) in [6.07, 6.45) is 1.21. The van der Waals surface area contributed by atoms with Gasteiger partial charge in [0.1, 0.15) is 5.75 Å². The summed E-state index contributed by atoms with van der Waals surface area (Å²) < 4.78 is 29.7. The maximum absolute atomic E-state index is 12.1. The molecule has 8 heteroatoms. The molecule has 24 heavy (non-hydrogen) atoms. The third kappa shape index (κ3) is 4.63. The molecule has 0 amide bonds. The monoisotopic (exact) mass is 350 g/mol. The summed E-state index contributed by atoms with van der Waals surface area (Å²) in [7, 11) is -3.81. The van der Waals surface area contributed by atoms with E-state index >= 15 is 0 Å². The van der Waals surface area contributed by atoms with Crippen molar-refractivity contribution < 1.29 is 23.4 Å². The van der Waals surface area contributed by atoms with E-state index in [0.717, 1.165) is 0 Å². The summed E-state index contributed by atoms with van der Waals surface area (Å²) in [5.41, 5.74) is 0.425. The van der Waals surface area contributed by atoms with Crippen molar-refractivity contribution >= 4 is 16.2 Å². The number of benzene rings is 2. The molecule has 0 radical (unpaired) electrons. The van der Waals surface area contributed by atoms with E-state index in [-0.39, 0.29) is 22.5 Å². The van der Waals surface area contributed by atoms with Gasteiger partial charge in [0.15, 0.2) is 11.5 Å². The molecule has 128 valence electrons. The van der Waals surface area contributed by atoms with E-state index in [4.69, 9.17) is 4.74 Å². The molecule has 0 aliphatic rings. The first-order chi connectivity index (χ1) is 11.3. The number of ether oxygens (including phenoxy) is 1. The Labute approximate surface area is 140 Å². The van der Waals surface area contributed by atoms with Gasteiger partial charge in [-0.25, -0.2) is 4.83 Å². The van der Waals surface area contributed by atoms with E-state index in [1.165, 1.54) is 36.5 Å². The van der Waals surface area contributed by atoms with E-state index in [9.17, 15) is 18.6 Å². The van der Waals surface area contributed by atoms with Gasteiger partial charge in [0.05, 0.1) is 17.2 Å². The van der Waals surface area contributed by atoms with Crippen LogP contribution >= 0.6 is 0 Å². The standard InChI is InChI=1S/C16H18N2O5S/c1-11(2)23-13-4-6-14(7-5-13)24(21,22)18-17-10-12-3-8-15(19)16(20)9-12/h3-11,18-20H,1-2H3/b17-10+. The second kappa shape index (κ2) is 7.22. The van der Waals surface area contributed by atoms with Gasteiger partial charge in [0, 0.05) is 0 Å². The van der Waals surface area contributed by atoms with Crippen molar-refractivity contribution in [2.24, 2.45) is 5.10 Å². The number of nitrogens with zero attached hydrogens (tertiary/aromatic N) is 1. The van der Waals surface area contributed by atoms with E-state index in [1.54, 1.807) is 12.1 Å². The Bertz CT molecular complexity index is 830. The van der Waals surface area contributed by atoms with E-state index in [0.29, 0.717) is 11.3 Å². The van der Waals surface area contributed by atoms with Crippen molar-refractivity contribution in [2.75, 3.05) is 0 Å². The Hall–Kier alpha value is -2.74. The van der Waals surface area contributed by atoms with Gasteiger partial charge in [-0.05, 0) is 61.9 Å². The average Bonchev–Trinajstić information content (AvgIpc) is 2.50. The molecule has 2 aromatic rings. The third-order valence-electron chi connectivity index (χ3n) is 2.89. The molecule has 0 atom stereocenters. The van der Waals surface area contributed by atoms with Gasteiger partial charge in [-0.1, -0.05) is 0 Å². The first kappa shape index (κ1) is 17.6. The average molecular weight is 350 g/mol. The molecule has 0 aliphatic carbocycles. The smallest absolute Gasteiger partial charge is 0.276 e. The molecule has 0 aliphatic heterocycles. The maximum atomic E-state index is 12.1. The van der Waals surface area contributed by atoms with Crippen molar-refractivity contribution in [1.82, 2.24) is 4.83 Å². The normalized spacial score (nSPS) is 11.8. The summed E-state index contributed by atoms with van der Waals surface area (Å²) in [6.45, 7) is 3.75. The highest BCUT2D eigenvalue weighted by Crippen LogP contribution is 2.24. The van der Waals surface area contributed by atoms with Gasteiger partial charge in [-0.15, -0.1) is 0 Å². The van der Waals surface area contributed by atoms with Gasteiger partial charge < -0.3 is 14.9 Å². The molecule has 0 unspecified atom stereocenters. The number of phenolic OH excluding ortho intramolecular Hbond substituents is 2. The lowest BCUT2D eigenvalue weighted by Crippen LogP contribution is -2.18. The molecule has 0 bridgehead atoms. The molecule has 0 saturated carbocycles. The Morgan fingerprint density at radius 2 is 1.75 bits per heavy atom. The lowest BCUT2D eigenvalue weighted by molar-refractivity contribution is 0.242. The van der Waals surface area contributed by atoms with Gasteiger partial charge in [-0.2, -0.15) is 13.5 Å².